The first-order valence-electron chi connectivity index (χ1n) is 23.4. The van der Waals surface area contributed by atoms with Crippen LogP contribution in [0, 0.1) is 0 Å². The minimum atomic E-state index is -5.03. The summed E-state index contributed by atoms with van der Waals surface area (Å²) >= 11 is 0. The fourth-order valence-corrected chi connectivity index (χ4v) is 7.57. The predicted molar refractivity (Wildman–Crippen MR) is 248 cm³/mol. The molecule has 12 nitrogen and oxygen atoms in total. The molecule has 0 aromatic carbocycles. The van der Waals surface area contributed by atoms with Crippen molar-refractivity contribution in [3.8, 4) is 0 Å². The van der Waals surface area contributed by atoms with E-state index in [0.717, 1.165) is 128 Å². The Hall–Kier alpha value is -2.48. The van der Waals surface area contributed by atoms with Crippen molar-refractivity contribution >= 4 is 13.8 Å². The highest BCUT2D eigenvalue weighted by atomic mass is 31.2. The Balaban J connectivity index is 2.41. The molecule has 0 radical (unpaired) electrons. The third-order valence-electron chi connectivity index (χ3n) is 10.3. The minimum Gasteiger partial charge on any atom is -0.457 e. The molecule has 1 aliphatic rings. The molecule has 0 aromatic rings. The van der Waals surface area contributed by atoms with Crippen LogP contribution in [0.25, 0.3) is 0 Å². The number of hydrogen-bond acceptors (Lipinski definition) is 11. The largest absolute Gasteiger partial charge is 0.472 e. The lowest BCUT2D eigenvalue weighted by Gasteiger charge is -2.41. The summed E-state index contributed by atoms with van der Waals surface area (Å²) in [4.78, 5) is 23.2. The summed E-state index contributed by atoms with van der Waals surface area (Å²) in [7, 11) is -5.03. The number of carbonyl (C=O) groups is 1. The Kier molecular flexibility index (Phi) is 36.1. The zero-order valence-corrected chi connectivity index (χ0v) is 38.8. The standard InChI is InChI=1S/C49H83O12P/c1-3-5-7-9-11-13-15-17-19-21-22-23-24-26-28-30-32-34-36-38-43(50)60-42(41-59-62(56,57)61-49-47(54)45(52)44(51)46(53)48(49)55)40-58-39-37-35-33-31-29-27-25-20-18-16-14-12-10-8-6-4-2/h5-8,11-14,17-20,22-23,42,44-49,51-55H,3-4,9-10,15-16,21,24-41H2,1-2H3,(H,56,57)/b7-5-,8-6-,13-11-,14-12-,19-17-,20-18-,23-22-. The molecule has 0 aliphatic heterocycles. The van der Waals surface area contributed by atoms with E-state index in [9.17, 15) is 39.8 Å². The van der Waals surface area contributed by atoms with E-state index in [2.05, 4.69) is 98.9 Å². The third-order valence-corrected chi connectivity index (χ3v) is 11.2. The quantitative estimate of drug-likeness (QED) is 0.0149. The van der Waals surface area contributed by atoms with Crippen LogP contribution in [0.4, 0.5) is 0 Å². The van der Waals surface area contributed by atoms with Crippen LogP contribution >= 0.6 is 7.82 Å². The number of unbranched alkanes of at least 4 members (excludes halogenated alkanes) is 12. The maximum absolute atomic E-state index is 12.8. The van der Waals surface area contributed by atoms with Crippen molar-refractivity contribution in [3.05, 3.63) is 85.1 Å². The first-order chi connectivity index (χ1) is 30.0. The van der Waals surface area contributed by atoms with Crippen molar-refractivity contribution in [1.82, 2.24) is 0 Å². The lowest BCUT2D eigenvalue weighted by Crippen LogP contribution is -2.64. The van der Waals surface area contributed by atoms with Crippen LogP contribution in [0.1, 0.15) is 155 Å². The van der Waals surface area contributed by atoms with Crippen LogP contribution in [0.2, 0.25) is 0 Å². The first-order valence-corrected chi connectivity index (χ1v) is 24.9. The van der Waals surface area contributed by atoms with Crippen molar-refractivity contribution in [2.75, 3.05) is 19.8 Å². The number of hydrogen-bond donors (Lipinski definition) is 6. The molecule has 6 atom stereocenters. The van der Waals surface area contributed by atoms with Gasteiger partial charge in [0.25, 0.3) is 0 Å². The van der Waals surface area contributed by atoms with Gasteiger partial charge in [-0.05, 0) is 83.5 Å². The second-order valence-corrected chi connectivity index (χ2v) is 17.2. The molecule has 0 bridgehead atoms. The normalized spacial score (nSPS) is 22.8. The van der Waals surface area contributed by atoms with Gasteiger partial charge in [0.2, 0.25) is 0 Å². The Morgan fingerprint density at radius 1 is 0.516 bits per heavy atom. The number of ether oxygens (including phenoxy) is 2. The van der Waals surface area contributed by atoms with Crippen molar-refractivity contribution in [2.45, 2.75) is 198 Å². The second kappa shape index (κ2) is 38.9. The van der Waals surface area contributed by atoms with Crippen molar-refractivity contribution in [3.63, 3.8) is 0 Å². The zero-order valence-electron chi connectivity index (χ0n) is 37.9. The number of phosphoric ester groups is 1. The molecule has 1 saturated carbocycles. The van der Waals surface area contributed by atoms with Crippen molar-refractivity contribution in [1.29, 1.82) is 0 Å². The second-order valence-electron chi connectivity index (χ2n) is 15.8. The van der Waals surface area contributed by atoms with Gasteiger partial charge in [0.1, 0.15) is 42.7 Å². The monoisotopic (exact) mass is 895 g/mol. The van der Waals surface area contributed by atoms with Crippen LogP contribution in [-0.4, -0.2) is 98.9 Å². The van der Waals surface area contributed by atoms with Gasteiger partial charge in [-0.15, -0.1) is 0 Å². The lowest BCUT2D eigenvalue weighted by molar-refractivity contribution is -0.220. The minimum absolute atomic E-state index is 0.0969. The van der Waals surface area contributed by atoms with E-state index < -0.39 is 63.1 Å². The molecule has 1 fully saturated rings. The lowest BCUT2D eigenvalue weighted by atomic mass is 9.85. The van der Waals surface area contributed by atoms with Gasteiger partial charge < -0.3 is 39.9 Å². The van der Waals surface area contributed by atoms with Crippen LogP contribution < -0.4 is 0 Å². The highest BCUT2D eigenvalue weighted by Crippen LogP contribution is 2.47. The molecular weight excluding hydrogens is 812 g/mol. The molecule has 356 valence electrons. The molecule has 1 rings (SSSR count). The smallest absolute Gasteiger partial charge is 0.457 e. The molecule has 6 unspecified atom stereocenters. The number of allylic oxidation sites excluding steroid dienone is 14. The van der Waals surface area contributed by atoms with Gasteiger partial charge in [0.05, 0.1) is 13.2 Å². The van der Waals surface area contributed by atoms with Gasteiger partial charge in [-0.2, -0.15) is 0 Å². The van der Waals surface area contributed by atoms with Crippen LogP contribution in [0.15, 0.2) is 85.1 Å². The first kappa shape index (κ1) is 57.5. The molecule has 62 heavy (non-hydrogen) atoms. The maximum Gasteiger partial charge on any atom is 0.472 e. The van der Waals surface area contributed by atoms with E-state index in [4.69, 9.17) is 18.5 Å². The molecule has 0 aromatic heterocycles. The molecule has 0 spiro atoms. The highest BCUT2D eigenvalue weighted by molar-refractivity contribution is 7.47. The molecular formula is C49H83O12P. The average molecular weight is 895 g/mol. The summed E-state index contributed by atoms with van der Waals surface area (Å²) in [6.45, 7) is 3.98. The van der Waals surface area contributed by atoms with Crippen LogP contribution in [0.3, 0.4) is 0 Å². The van der Waals surface area contributed by atoms with Gasteiger partial charge >= 0.3 is 13.8 Å². The van der Waals surface area contributed by atoms with E-state index in [1.54, 1.807) is 0 Å². The Morgan fingerprint density at radius 2 is 0.903 bits per heavy atom. The summed E-state index contributed by atoms with van der Waals surface area (Å²) in [5.74, 6) is -0.500. The Morgan fingerprint density at radius 3 is 1.37 bits per heavy atom. The van der Waals surface area contributed by atoms with E-state index in [0.29, 0.717) is 13.0 Å². The molecule has 0 amide bonds. The van der Waals surface area contributed by atoms with E-state index in [1.165, 1.54) is 0 Å². The van der Waals surface area contributed by atoms with Gasteiger partial charge in [-0.3, -0.25) is 13.8 Å². The molecule has 0 heterocycles. The number of esters is 1. The fraction of sp³-hybridized carbons (Fsp3) is 0.694. The SMILES string of the molecule is CC/C=C\C/C=C\C/C=C\C/C=C\CCCCCCCCC(=O)OC(COCCCCCCCC/C=C\C/C=C\C/C=C\CC)COP(=O)(O)OC1C(O)C(O)C(O)C(O)C1O. The Labute approximate surface area is 373 Å². The topological polar surface area (TPSA) is 192 Å². The summed E-state index contributed by atoms with van der Waals surface area (Å²) in [5, 5.41) is 50.2. The van der Waals surface area contributed by atoms with E-state index in [1.807, 2.05) is 0 Å². The summed E-state index contributed by atoms with van der Waals surface area (Å²) in [5.41, 5.74) is 0. The zero-order chi connectivity index (χ0) is 45.5. The van der Waals surface area contributed by atoms with Crippen molar-refractivity contribution in [2.24, 2.45) is 0 Å². The number of phosphoric acid groups is 1. The van der Waals surface area contributed by atoms with Gasteiger partial charge in [0.15, 0.2) is 0 Å². The third kappa shape index (κ3) is 30.6. The molecule has 6 N–H and O–H groups in total. The summed E-state index contributed by atoms with van der Waals surface area (Å²) in [6, 6.07) is 0. The molecule has 1 aliphatic carbocycles. The predicted octanol–water partition coefficient (Wildman–Crippen LogP) is 9.75. The van der Waals surface area contributed by atoms with Crippen LogP contribution in [0.5, 0.6) is 0 Å². The van der Waals surface area contributed by atoms with Gasteiger partial charge in [-0.25, -0.2) is 4.57 Å². The van der Waals surface area contributed by atoms with Gasteiger partial charge in [0, 0.05) is 13.0 Å². The molecule has 0 saturated heterocycles. The number of carbonyl (C=O) groups excluding carboxylic acids is 1. The highest BCUT2D eigenvalue weighted by Gasteiger charge is 2.51. The van der Waals surface area contributed by atoms with Gasteiger partial charge in [-0.1, -0.05) is 150 Å². The number of rotatable bonds is 38. The van der Waals surface area contributed by atoms with E-state index in [-0.39, 0.29) is 13.0 Å². The summed E-state index contributed by atoms with van der Waals surface area (Å²) in [6.07, 6.45) is 39.3. The van der Waals surface area contributed by atoms with Crippen molar-refractivity contribution < 1.29 is 58.3 Å². The number of aliphatic hydroxyl groups excluding tert-OH is 5. The summed E-state index contributed by atoms with van der Waals surface area (Å²) < 4.78 is 34.2. The number of aliphatic hydroxyl groups is 5. The Bertz CT molecular complexity index is 1340. The maximum atomic E-state index is 12.8. The fourth-order valence-electron chi connectivity index (χ4n) is 6.59. The average Bonchev–Trinajstić information content (AvgIpc) is 3.26. The molecule has 13 heteroatoms. The van der Waals surface area contributed by atoms with E-state index >= 15 is 0 Å². The van der Waals surface area contributed by atoms with Crippen LogP contribution in [-0.2, 0) is 27.9 Å².